The number of halogens is 1. The van der Waals surface area contributed by atoms with Crippen LogP contribution >= 0.6 is 11.6 Å². The van der Waals surface area contributed by atoms with Gasteiger partial charge in [0, 0.05) is 5.88 Å². The summed E-state index contributed by atoms with van der Waals surface area (Å²) in [6.07, 6.45) is 3.27. The summed E-state index contributed by atoms with van der Waals surface area (Å²) in [5, 5.41) is 0. The van der Waals surface area contributed by atoms with Gasteiger partial charge in [0.2, 0.25) is 0 Å². The van der Waals surface area contributed by atoms with Gasteiger partial charge >= 0.3 is 0 Å². The van der Waals surface area contributed by atoms with Gasteiger partial charge in [-0.25, -0.2) is 0 Å². The van der Waals surface area contributed by atoms with Crippen molar-refractivity contribution in [2.45, 2.75) is 71.6 Å². The normalized spacial score (nSPS) is 12.5. The topological polar surface area (TPSA) is 9.23 Å². The van der Waals surface area contributed by atoms with Crippen LogP contribution in [-0.4, -0.2) is 12.5 Å². The summed E-state index contributed by atoms with van der Waals surface area (Å²) in [6.45, 7) is 14.3. The maximum atomic E-state index is 6.03. The van der Waals surface area contributed by atoms with E-state index in [0.29, 0.717) is 0 Å². The van der Waals surface area contributed by atoms with Gasteiger partial charge in [0.25, 0.3) is 0 Å². The fraction of sp³-hybridized carbons (Fsp3) is 0.684. The minimum Gasteiger partial charge on any atom is -0.493 e. The molecule has 0 bridgehead atoms. The smallest absolute Gasteiger partial charge is 0.123 e. The van der Waals surface area contributed by atoms with E-state index in [9.17, 15) is 0 Å². The minimum atomic E-state index is 0.0900. The third kappa shape index (κ3) is 5.90. The van der Waals surface area contributed by atoms with Crippen molar-refractivity contribution in [3.63, 3.8) is 0 Å². The van der Waals surface area contributed by atoms with E-state index in [1.54, 1.807) is 0 Å². The lowest BCUT2D eigenvalue weighted by Gasteiger charge is -2.27. The van der Waals surface area contributed by atoms with Crippen LogP contribution in [0.2, 0.25) is 0 Å². The van der Waals surface area contributed by atoms with Gasteiger partial charge in [-0.15, -0.1) is 11.6 Å². The fourth-order valence-electron chi connectivity index (χ4n) is 2.26. The molecule has 2 heteroatoms. The van der Waals surface area contributed by atoms with Crippen LogP contribution in [-0.2, 0) is 10.8 Å². The van der Waals surface area contributed by atoms with Crippen LogP contribution in [0, 0.1) is 0 Å². The number of benzene rings is 1. The molecule has 0 aliphatic rings. The highest BCUT2D eigenvalue weighted by molar-refractivity contribution is 6.17. The molecule has 0 spiro atoms. The van der Waals surface area contributed by atoms with Crippen LogP contribution in [0.25, 0.3) is 0 Å². The Labute approximate surface area is 136 Å². The van der Waals surface area contributed by atoms with Crippen LogP contribution in [0.1, 0.15) is 71.9 Å². The van der Waals surface area contributed by atoms with Crippen LogP contribution in [0.3, 0.4) is 0 Å². The first-order valence-corrected chi connectivity index (χ1v) is 8.53. The molecule has 0 N–H and O–H groups in total. The molecule has 0 aromatic heterocycles. The maximum Gasteiger partial charge on any atom is 0.123 e. The van der Waals surface area contributed by atoms with E-state index in [-0.39, 0.29) is 10.8 Å². The van der Waals surface area contributed by atoms with Crippen molar-refractivity contribution < 1.29 is 4.74 Å². The van der Waals surface area contributed by atoms with E-state index in [2.05, 4.69) is 59.7 Å². The van der Waals surface area contributed by atoms with Gasteiger partial charge in [0.15, 0.2) is 0 Å². The number of hydrogen-bond donors (Lipinski definition) is 0. The largest absolute Gasteiger partial charge is 0.493 e. The SMILES string of the molecule is CC(C)(C)c1ccc(OCCCCCCl)c(C(C)(C)C)c1. The van der Waals surface area contributed by atoms with E-state index in [4.69, 9.17) is 16.3 Å². The summed E-state index contributed by atoms with van der Waals surface area (Å²) >= 11 is 5.70. The Hall–Kier alpha value is -0.690. The van der Waals surface area contributed by atoms with Gasteiger partial charge in [-0.3, -0.25) is 0 Å². The molecule has 0 saturated heterocycles. The Morgan fingerprint density at radius 3 is 2.10 bits per heavy atom. The first-order valence-electron chi connectivity index (χ1n) is 8.00. The van der Waals surface area contributed by atoms with E-state index < -0.39 is 0 Å². The Balaban J connectivity index is 2.88. The van der Waals surface area contributed by atoms with E-state index in [0.717, 1.165) is 37.5 Å². The zero-order valence-electron chi connectivity index (χ0n) is 14.6. The Morgan fingerprint density at radius 2 is 1.57 bits per heavy atom. The average Bonchev–Trinajstić information content (AvgIpc) is 2.36. The van der Waals surface area contributed by atoms with E-state index in [1.807, 2.05) is 0 Å². The van der Waals surface area contributed by atoms with Crippen LogP contribution in [0.15, 0.2) is 18.2 Å². The first kappa shape index (κ1) is 18.4. The zero-order chi connectivity index (χ0) is 16.1. The quantitative estimate of drug-likeness (QED) is 0.457. The summed E-state index contributed by atoms with van der Waals surface area (Å²) in [7, 11) is 0. The second kappa shape index (κ2) is 7.54. The first-order chi connectivity index (χ1) is 9.66. The van der Waals surface area contributed by atoms with Crippen molar-refractivity contribution in [1.82, 2.24) is 0 Å². The fourth-order valence-corrected chi connectivity index (χ4v) is 2.45. The van der Waals surface area contributed by atoms with Crippen molar-refractivity contribution >= 4 is 11.6 Å². The van der Waals surface area contributed by atoms with Gasteiger partial charge in [-0.05, 0) is 47.3 Å². The Bertz CT molecular complexity index is 438. The number of unbranched alkanes of at least 4 members (excludes halogenated alkanes) is 2. The number of hydrogen-bond acceptors (Lipinski definition) is 1. The summed E-state index contributed by atoms with van der Waals surface area (Å²) in [4.78, 5) is 0. The molecule has 0 amide bonds. The molecule has 0 aliphatic heterocycles. The average molecular weight is 311 g/mol. The zero-order valence-corrected chi connectivity index (χ0v) is 15.3. The third-order valence-electron chi connectivity index (χ3n) is 3.69. The molecule has 0 aliphatic carbocycles. The summed E-state index contributed by atoms with van der Waals surface area (Å²) in [5.41, 5.74) is 2.92. The molecule has 1 aromatic carbocycles. The Morgan fingerprint density at radius 1 is 0.905 bits per heavy atom. The monoisotopic (exact) mass is 310 g/mol. The Kier molecular flexibility index (Phi) is 6.59. The van der Waals surface area contributed by atoms with Gasteiger partial charge in [-0.2, -0.15) is 0 Å². The molecule has 120 valence electrons. The van der Waals surface area contributed by atoms with Crippen molar-refractivity contribution in [2.75, 3.05) is 12.5 Å². The lowest BCUT2D eigenvalue weighted by molar-refractivity contribution is 0.298. The van der Waals surface area contributed by atoms with Crippen LogP contribution in [0.4, 0.5) is 0 Å². The van der Waals surface area contributed by atoms with Crippen LogP contribution in [0.5, 0.6) is 5.75 Å². The van der Waals surface area contributed by atoms with Gasteiger partial charge in [-0.1, -0.05) is 53.7 Å². The van der Waals surface area contributed by atoms with Gasteiger partial charge in [0.05, 0.1) is 6.61 Å². The minimum absolute atomic E-state index is 0.0900. The lowest BCUT2D eigenvalue weighted by Crippen LogP contribution is -2.17. The second-order valence-electron chi connectivity index (χ2n) is 7.81. The molecular weight excluding hydrogens is 280 g/mol. The summed E-state index contributed by atoms with van der Waals surface area (Å²) in [6, 6.07) is 6.65. The molecule has 21 heavy (non-hydrogen) atoms. The second-order valence-corrected chi connectivity index (χ2v) is 8.19. The molecule has 0 unspecified atom stereocenters. The predicted molar refractivity (Wildman–Crippen MR) is 93.9 cm³/mol. The van der Waals surface area contributed by atoms with Crippen LogP contribution < -0.4 is 4.74 Å². The van der Waals surface area contributed by atoms with Crippen molar-refractivity contribution in [2.24, 2.45) is 0 Å². The van der Waals surface area contributed by atoms with Gasteiger partial charge in [0.1, 0.15) is 5.75 Å². The standard InChI is InChI=1S/C19H31ClO/c1-18(2,3)15-10-11-17(16(14-15)19(4,5)6)21-13-9-7-8-12-20/h10-11,14H,7-9,12-13H2,1-6H3. The third-order valence-corrected chi connectivity index (χ3v) is 3.96. The maximum absolute atomic E-state index is 6.03. The molecule has 0 fully saturated rings. The molecule has 1 nitrogen and oxygen atoms in total. The van der Waals surface area contributed by atoms with Crippen molar-refractivity contribution in [3.8, 4) is 5.75 Å². The molecule has 0 atom stereocenters. The summed E-state index contributed by atoms with van der Waals surface area (Å²) in [5.74, 6) is 1.77. The molecule has 0 radical (unpaired) electrons. The molecule has 0 saturated carbocycles. The summed E-state index contributed by atoms with van der Waals surface area (Å²) < 4.78 is 6.03. The molecule has 0 heterocycles. The van der Waals surface area contributed by atoms with E-state index in [1.165, 1.54) is 11.1 Å². The highest BCUT2D eigenvalue weighted by atomic mass is 35.5. The lowest BCUT2D eigenvalue weighted by atomic mass is 9.80. The molecule has 1 rings (SSSR count). The molecule has 1 aromatic rings. The van der Waals surface area contributed by atoms with Crippen molar-refractivity contribution in [3.05, 3.63) is 29.3 Å². The highest BCUT2D eigenvalue weighted by Crippen LogP contribution is 2.35. The number of rotatable bonds is 6. The highest BCUT2D eigenvalue weighted by Gasteiger charge is 2.22. The van der Waals surface area contributed by atoms with Gasteiger partial charge < -0.3 is 4.74 Å². The number of alkyl halides is 1. The molecular formula is C19H31ClO. The predicted octanol–water partition coefficient (Wildman–Crippen LogP) is 6.07. The number of ether oxygens (including phenoxy) is 1. The van der Waals surface area contributed by atoms with E-state index >= 15 is 0 Å². The van der Waals surface area contributed by atoms with Crippen molar-refractivity contribution in [1.29, 1.82) is 0 Å².